The van der Waals surface area contributed by atoms with Crippen LogP contribution in [0.5, 0.6) is 11.5 Å². The minimum Gasteiger partial charge on any atom is -0.457 e. The number of para-hydroxylation sites is 1. The van der Waals surface area contributed by atoms with E-state index in [9.17, 15) is 9.59 Å². The molecule has 146 valence electrons. The summed E-state index contributed by atoms with van der Waals surface area (Å²) in [4.78, 5) is 31.4. The molecule has 0 radical (unpaired) electrons. The van der Waals surface area contributed by atoms with Crippen LogP contribution in [0.4, 0.5) is 0 Å². The van der Waals surface area contributed by atoms with Crippen LogP contribution in [-0.4, -0.2) is 34.7 Å². The standard InChI is InChI=1S/C24H22N2O3/c27-23(18-10-12-22(13-11-18)29-21-8-2-1-3-9-21)20-7-5-15-26(17-20)24(28)19-6-4-14-25-16-19/h1-4,6,8-14,16,20H,5,7,15,17H2/t20-/m0/s1. The largest absolute Gasteiger partial charge is 0.457 e. The Balaban J connectivity index is 1.41. The maximum atomic E-state index is 13.0. The fraction of sp³-hybridized carbons (Fsp3) is 0.208. The Morgan fingerprint density at radius 3 is 2.38 bits per heavy atom. The highest BCUT2D eigenvalue weighted by Crippen LogP contribution is 2.25. The van der Waals surface area contributed by atoms with Crippen molar-refractivity contribution >= 4 is 11.7 Å². The highest BCUT2D eigenvalue weighted by Gasteiger charge is 2.29. The average molecular weight is 386 g/mol. The Kier molecular flexibility index (Phi) is 5.66. The van der Waals surface area contributed by atoms with Gasteiger partial charge in [0.1, 0.15) is 11.5 Å². The summed E-state index contributed by atoms with van der Waals surface area (Å²) in [6.07, 6.45) is 4.82. The number of Topliss-reactive ketones (excluding diaryl/α,β-unsaturated/α-hetero) is 1. The Morgan fingerprint density at radius 2 is 1.66 bits per heavy atom. The van der Waals surface area contributed by atoms with Gasteiger partial charge in [0.25, 0.3) is 5.91 Å². The van der Waals surface area contributed by atoms with E-state index in [4.69, 9.17) is 4.74 Å². The average Bonchev–Trinajstić information content (AvgIpc) is 2.80. The summed E-state index contributed by atoms with van der Waals surface area (Å²) in [5.41, 5.74) is 1.20. The maximum Gasteiger partial charge on any atom is 0.255 e. The Morgan fingerprint density at radius 1 is 0.897 bits per heavy atom. The SMILES string of the molecule is O=C(c1ccc(Oc2ccccc2)cc1)[C@H]1CCCN(C(=O)c2cccnc2)C1. The number of amides is 1. The van der Waals surface area contributed by atoms with Crippen LogP contribution in [0.25, 0.3) is 0 Å². The number of aromatic nitrogens is 1. The van der Waals surface area contributed by atoms with Crippen molar-refractivity contribution in [1.29, 1.82) is 0 Å². The van der Waals surface area contributed by atoms with E-state index in [1.807, 2.05) is 42.5 Å². The van der Waals surface area contributed by atoms with E-state index < -0.39 is 0 Å². The monoisotopic (exact) mass is 386 g/mol. The number of carbonyl (C=O) groups is 2. The van der Waals surface area contributed by atoms with Gasteiger partial charge in [-0.2, -0.15) is 0 Å². The van der Waals surface area contributed by atoms with E-state index in [-0.39, 0.29) is 17.6 Å². The van der Waals surface area contributed by atoms with Gasteiger partial charge < -0.3 is 9.64 Å². The number of ether oxygens (including phenoxy) is 1. The van der Waals surface area contributed by atoms with Crippen LogP contribution in [-0.2, 0) is 0 Å². The molecule has 0 bridgehead atoms. The fourth-order valence-electron chi connectivity index (χ4n) is 3.60. The number of pyridine rings is 1. The smallest absolute Gasteiger partial charge is 0.255 e. The number of nitrogens with zero attached hydrogens (tertiary/aromatic N) is 2. The van der Waals surface area contributed by atoms with E-state index in [0.29, 0.717) is 30.0 Å². The maximum absolute atomic E-state index is 13.0. The second-order valence-electron chi connectivity index (χ2n) is 7.14. The number of benzene rings is 2. The number of ketones is 1. The third-order valence-corrected chi connectivity index (χ3v) is 5.11. The van der Waals surface area contributed by atoms with Gasteiger partial charge in [0.15, 0.2) is 5.78 Å². The van der Waals surface area contributed by atoms with Crippen molar-refractivity contribution in [2.24, 2.45) is 5.92 Å². The molecule has 0 N–H and O–H groups in total. The zero-order chi connectivity index (χ0) is 20.1. The normalized spacial score (nSPS) is 16.3. The molecular weight excluding hydrogens is 364 g/mol. The third kappa shape index (κ3) is 4.51. The summed E-state index contributed by atoms with van der Waals surface area (Å²) in [6.45, 7) is 1.11. The molecule has 0 saturated carbocycles. The summed E-state index contributed by atoms with van der Waals surface area (Å²) >= 11 is 0. The molecule has 0 unspecified atom stereocenters. The van der Waals surface area contributed by atoms with E-state index in [1.54, 1.807) is 41.6 Å². The quantitative estimate of drug-likeness (QED) is 0.601. The van der Waals surface area contributed by atoms with Crippen molar-refractivity contribution in [3.8, 4) is 11.5 Å². The predicted molar refractivity (Wildman–Crippen MR) is 110 cm³/mol. The Bertz CT molecular complexity index is 972. The number of hydrogen-bond acceptors (Lipinski definition) is 4. The highest BCUT2D eigenvalue weighted by atomic mass is 16.5. The minimum absolute atomic E-state index is 0.0674. The van der Waals surface area contributed by atoms with Gasteiger partial charge in [-0.05, 0) is 61.4 Å². The molecule has 1 aliphatic rings. The van der Waals surface area contributed by atoms with Crippen molar-refractivity contribution < 1.29 is 14.3 Å². The van der Waals surface area contributed by atoms with Gasteiger partial charge in [-0.3, -0.25) is 14.6 Å². The molecule has 1 aliphatic heterocycles. The summed E-state index contributed by atoms with van der Waals surface area (Å²) < 4.78 is 5.79. The molecule has 1 atom stereocenters. The van der Waals surface area contributed by atoms with Gasteiger partial charge in [0, 0.05) is 37.0 Å². The van der Waals surface area contributed by atoms with Crippen molar-refractivity contribution in [3.05, 3.63) is 90.3 Å². The first-order valence-electron chi connectivity index (χ1n) is 9.77. The zero-order valence-corrected chi connectivity index (χ0v) is 16.0. The highest BCUT2D eigenvalue weighted by molar-refractivity contribution is 5.99. The lowest BCUT2D eigenvalue weighted by molar-refractivity contribution is 0.0636. The van der Waals surface area contributed by atoms with Gasteiger partial charge in [-0.25, -0.2) is 0 Å². The topological polar surface area (TPSA) is 59.5 Å². The lowest BCUT2D eigenvalue weighted by atomic mass is 9.89. The van der Waals surface area contributed by atoms with Crippen LogP contribution in [0.3, 0.4) is 0 Å². The van der Waals surface area contributed by atoms with Crippen LogP contribution in [0.2, 0.25) is 0 Å². The van der Waals surface area contributed by atoms with Crippen LogP contribution in [0.1, 0.15) is 33.6 Å². The lowest BCUT2D eigenvalue weighted by Gasteiger charge is -2.32. The number of piperidine rings is 1. The molecule has 2 heterocycles. The summed E-state index contributed by atoms with van der Waals surface area (Å²) in [5.74, 6) is 1.25. The van der Waals surface area contributed by atoms with Gasteiger partial charge in [0.2, 0.25) is 0 Å². The summed E-state index contributed by atoms with van der Waals surface area (Å²) in [6, 6.07) is 20.2. The molecule has 3 aromatic rings. The van der Waals surface area contributed by atoms with E-state index in [1.165, 1.54) is 0 Å². The molecule has 1 amide bonds. The van der Waals surface area contributed by atoms with E-state index in [0.717, 1.165) is 18.6 Å². The molecule has 5 heteroatoms. The summed E-state index contributed by atoms with van der Waals surface area (Å²) in [5, 5.41) is 0. The van der Waals surface area contributed by atoms with Crippen molar-refractivity contribution in [2.45, 2.75) is 12.8 Å². The summed E-state index contributed by atoms with van der Waals surface area (Å²) in [7, 11) is 0. The molecule has 5 nitrogen and oxygen atoms in total. The number of rotatable bonds is 5. The molecular formula is C24H22N2O3. The second kappa shape index (κ2) is 8.69. The van der Waals surface area contributed by atoms with Crippen LogP contribution in [0.15, 0.2) is 79.1 Å². The van der Waals surface area contributed by atoms with Crippen LogP contribution < -0.4 is 4.74 Å². The molecule has 0 spiro atoms. The van der Waals surface area contributed by atoms with Crippen molar-refractivity contribution in [3.63, 3.8) is 0 Å². The molecule has 4 rings (SSSR count). The first kappa shape index (κ1) is 18.9. The number of hydrogen-bond donors (Lipinski definition) is 0. The first-order valence-corrected chi connectivity index (χ1v) is 9.77. The molecule has 29 heavy (non-hydrogen) atoms. The van der Waals surface area contributed by atoms with Gasteiger partial charge in [0.05, 0.1) is 5.56 Å². The molecule has 0 aliphatic carbocycles. The predicted octanol–water partition coefficient (Wildman–Crippen LogP) is 4.61. The third-order valence-electron chi connectivity index (χ3n) is 5.11. The van der Waals surface area contributed by atoms with Crippen LogP contribution in [0, 0.1) is 5.92 Å². The minimum atomic E-state index is -0.190. The first-order chi connectivity index (χ1) is 14.2. The van der Waals surface area contributed by atoms with Crippen LogP contribution >= 0.6 is 0 Å². The lowest BCUT2D eigenvalue weighted by Crippen LogP contribution is -2.42. The van der Waals surface area contributed by atoms with Crippen molar-refractivity contribution in [1.82, 2.24) is 9.88 Å². The molecule has 1 aromatic heterocycles. The molecule has 1 saturated heterocycles. The number of likely N-dealkylation sites (tertiary alicyclic amines) is 1. The molecule has 1 fully saturated rings. The van der Waals surface area contributed by atoms with E-state index >= 15 is 0 Å². The molecule has 2 aromatic carbocycles. The fourth-order valence-corrected chi connectivity index (χ4v) is 3.60. The Hall–Kier alpha value is -3.47. The van der Waals surface area contributed by atoms with Crippen molar-refractivity contribution in [2.75, 3.05) is 13.1 Å². The van der Waals surface area contributed by atoms with Gasteiger partial charge >= 0.3 is 0 Å². The zero-order valence-electron chi connectivity index (χ0n) is 16.0. The number of carbonyl (C=O) groups excluding carboxylic acids is 2. The van der Waals surface area contributed by atoms with Gasteiger partial charge in [-0.1, -0.05) is 18.2 Å². The van der Waals surface area contributed by atoms with E-state index in [2.05, 4.69) is 4.98 Å². The Labute approximate surface area is 170 Å². The second-order valence-corrected chi connectivity index (χ2v) is 7.14. The van der Waals surface area contributed by atoms with Gasteiger partial charge in [-0.15, -0.1) is 0 Å².